The van der Waals surface area contributed by atoms with Gasteiger partial charge in [0.05, 0.1) is 12.8 Å². The Hall–Kier alpha value is -3.48. The Morgan fingerprint density at radius 2 is 1.85 bits per heavy atom. The van der Waals surface area contributed by atoms with Crippen LogP contribution >= 0.6 is 0 Å². The van der Waals surface area contributed by atoms with E-state index in [1.165, 1.54) is 36.4 Å². The van der Waals surface area contributed by atoms with Gasteiger partial charge in [0.15, 0.2) is 0 Å². The van der Waals surface area contributed by atoms with Gasteiger partial charge in [0, 0.05) is 18.2 Å². The summed E-state index contributed by atoms with van der Waals surface area (Å²) in [6, 6.07) is 15.2. The minimum Gasteiger partial charge on any atom is -0.496 e. The maximum absolute atomic E-state index is 13.1. The smallest absolute Gasteiger partial charge is 0.272 e. The standard InChI is InChI=1S/C19H16FN3O3/c1-26-17-5-3-2-4-13(17)12-21-19(25)16-10-11-18(24)23(22-16)15-8-6-14(20)7-9-15/h2-11H,12H2,1H3,(H,21,25). The zero-order chi connectivity index (χ0) is 18.5. The summed E-state index contributed by atoms with van der Waals surface area (Å²) in [4.78, 5) is 24.4. The van der Waals surface area contributed by atoms with Crippen molar-refractivity contribution in [3.8, 4) is 11.4 Å². The van der Waals surface area contributed by atoms with Crippen LogP contribution < -0.4 is 15.6 Å². The molecule has 0 aliphatic carbocycles. The maximum atomic E-state index is 13.1. The first kappa shape index (κ1) is 17.3. The minimum atomic E-state index is -0.438. The van der Waals surface area contributed by atoms with E-state index in [-0.39, 0.29) is 12.2 Å². The molecule has 7 heteroatoms. The minimum absolute atomic E-state index is 0.0730. The van der Waals surface area contributed by atoms with E-state index in [0.29, 0.717) is 11.4 Å². The highest BCUT2D eigenvalue weighted by atomic mass is 19.1. The number of halogens is 1. The van der Waals surface area contributed by atoms with Gasteiger partial charge in [-0.2, -0.15) is 9.78 Å². The summed E-state index contributed by atoms with van der Waals surface area (Å²) >= 11 is 0. The molecule has 0 bridgehead atoms. The van der Waals surface area contributed by atoms with Crippen LogP contribution in [-0.4, -0.2) is 22.8 Å². The first-order valence-electron chi connectivity index (χ1n) is 7.85. The molecule has 26 heavy (non-hydrogen) atoms. The van der Waals surface area contributed by atoms with Gasteiger partial charge in [0.2, 0.25) is 0 Å². The lowest BCUT2D eigenvalue weighted by atomic mass is 10.2. The lowest BCUT2D eigenvalue weighted by Gasteiger charge is -2.10. The van der Waals surface area contributed by atoms with Gasteiger partial charge in [-0.05, 0) is 36.4 Å². The Bertz CT molecular complexity index is 984. The number of methoxy groups -OCH3 is 1. The molecule has 1 heterocycles. The van der Waals surface area contributed by atoms with Crippen molar-refractivity contribution in [3.05, 3.63) is 88.1 Å². The second-order valence-corrected chi connectivity index (χ2v) is 5.44. The van der Waals surface area contributed by atoms with Crippen molar-refractivity contribution < 1.29 is 13.9 Å². The lowest BCUT2D eigenvalue weighted by Crippen LogP contribution is -2.28. The van der Waals surface area contributed by atoms with Gasteiger partial charge in [0.25, 0.3) is 11.5 Å². The predicted octanol–water partition coefficient (Wildman–Crippen LogP) is 2.31. The molecular weight excluding hydrogens is 337 g/mol. The first-order valence-corrected chi connectivity index (χ1v) is 7.85. The fourth-order valence-electron chi connectivity index (χ4n) is 2.41. The molecule has 0 unspecified atom stereocenters. The molecule has 0 saturated carbocycles. The number of rotatable bonds is 5. The van der Waals surface area contributed by atoms with Crippen molar-refractivity contribution in [2.45, 2.75) is 6.54 Å². The fraction of sp³-hybridized carbons (Fsp3) is 0.105. The molecule has 0 aliphatic rings. The van der Waals surface area contributed by atoms with Crippen LogP contribution in [-0.2, 0) is 6.54 Å². The molecule has 3 rings (SSSR count). The summed E-state index contributed by atoms with van der Waals surface area (Å²) in [5, 5.41) is 6.81. The molecular formula is C19H16FN3O3. The molecule has 1 N–H and O–H groups in total. The third-order valence-corrected chi connectivity index (χ3v) is 3.74. The number of benzene rings is 2. The van der Waals surface area contributed by atoms with E-state index in [1.807, 2.05) is 18.2 Å². The molecule has 1 amide bonds. The molecule has 1 aromatic heterocycles. The largest absolute Gasteiger partial charge is 0.496 e. The number of nitrogens with one attached hydrogen (secondary N) is 1. The fourth-order valence-corrected chi connectivity index (χ4v) is 2.41. The third-order valence-electron chi connectivity index (χ3n) is 3.74. The van der Waals surface area contributed by atoms with Gasteiger partial charge < -0.3 is 10.1 Å². The number of ether oxygens (including phenoxy) is 1. The van der Waals surface area contributed by atoms with Gasteiger partial charge >= 0.3 is 0 Å². The number of hydrogen-bond donors (Lipinski definition) is 1. The normalized spacial score (nSPS) is 10.4. The molecule has 0 fully saturated rings. The lowest BCUT2D eigenvalue weighted by molar-refractivity contribution is 0.0944. The number of amides is 1. The van der Waals surface area contributed by atoms with Gasteiger partial charge in [-0.15, -0.1) is 0 Å². The average molecular weight is 353 g/mol. The number of para-hydroxylation sites is 1. The summed E-state index contributed by atoms with van der Waals surface area (Å²) in [5.74, 6) is -0.198. The number of carbonyl (C=O) groups excluding carboxylic acids is 1. The summed E-state index contributed by atoms with van der Waals surface area (Å²) < 4.78 is 19.3. The Morgan fingerprint density at radius 3 is 2.58 bits per heavy atom. The van der Waals surface area contributed by atoms with Crippen LogP contribution in [0.2, 0.25) is 0 Å². The van der Waals surface area contributed by atoms with E-state index in [0.717, 1.165) is 10.2 Å². The van der Waals surface area contributed by atoms with Crippen molar-refractivity contribution >= 4 is 5.91 Å². The summed E-state index contributed by atoms with van der Waals surface area (Å²) in [7, 11) is 1.56. The van der Waals surface area contributed by atoms with Crippen LogP contribution in [0, 0.1) is 5.82 Å². The molecule has 0 radical (unpaired) electrons. The second-order valence-electron chi connectivity index (χ2n) is 5.44. The molecule has 132 valence electrons. The van der Waals surface area contributed by atoms with Gasteiger partial charge in [-0.1, -0.05) is 18.2 Å². The van der Waals surface area contributed by atoms with Crippen molar-refractivity contribution in [1.82, 2.24) is 15.1 Å². The van der Waals surface area contributed by atoms with Crippen LogP contribution in [0.1, 0.15) is 16.1 Å². The van der Waals surface area contributed by atoms with Crippen LogP contribution in [0.15, 0.2) is 65.5 Å². The van der Waals surface area contributed by atoms with Crippen molar-refractivity contribution in [3.63, 3.8) is 0 Å². The van der Waals surface area contributed by atoms with E-state index in [1.54, 1.807) is 13.2 Å². The highest BCUT2D eigenvalue weighted by Gasteiger charge is 2.11. The molecule has 0 aliphatic heterocycles. The number of aromatic nitrogens is 2. The first-order chi connectivity index (χ1) is 12.6. The van der Waals surface area contributed by atoms with Crippen molar-refractivity contribution in [2.24, 2.45) is 0 Å². The highest BCUT2D eigenvalue weighted by molar-refractivity contribution is 5.92. The van der Waals surface area contributed by atoms with E-state index in [2.05, 4.69) is 10.4 Å². The Labute approximate surface area is 148 Å². The predicted molar refractivity (Wildman–Crippen MR) is 94.0 cm³/mol. The number of nitrogens with zero attached hydrogens (tertiary/aromatic N) is 2. The van der Waals surface area contributed by atoms with Gasteiger partial charge in [-0.25, -0.2) is 4.39 Å². The van der Waals surface area contributed by atoms with E-state index in [4.69, 9.17) is 4.74 Å². The Balaban J connectivity index is 1.81. The van der Waals surface area contributed by atoms with E-state index in [9.17, 15) is 14.0 Å². The molecule has 6 nitrogen and oxygen atoms in total. The molecule has 0 saturated heterocycles. The molecule has 2 aromatic carbocycles. The van der Waals surface area contributed by atoms with Crippen LogP contribution in [0.4, 0.5) is 4.39 Å². The highest BCUT2D eigenvalue weighted by Crippen LogP contribution is 2.16. The molecule has 3 aromatic rings. The Kier molecular flexibility index (Phi) is 5.07. The van der Waals surface area contributed by atoms with E-state index >= 15 is 0 Å². The zero-order valence-corrected chi connectivity index (χ0v) is 14.0. The molecule has 0 atom stereocenters. The van der Waals surface area contributed by atoms with E-state index < -0.39 is 17.3 Å². The topological polar surface area (TPSA) is 73.2 Å². The number of carbonyl (C=O) groups is 1. The zero-order valence-electron chi connectivity index (χ0n) is 14.0. The summed E-state index contributed by atoms with van der Waals surface area (Å²) in [5.41, 5.74) is 0.840. The monoisotopic (exact) mass is 353 g/mol. The van der Waals surface area contributed by atoms with Gasteiger partial charge in [-0.3, -0.25) is 9.59 Å². The summed E-state index contributed by atoms with van der Waals surface area (Å²) in [6.07, 6.45) is 0. The molecule has 0 spiro atoms. The second kappa shape index (κ2) is 7.60. The van der Waals surface area contributed by atoms with Crippen LogP contribution in [0.3, 0.4) is 0 Å². The number of hydrogen-bond acceptors (Lipinski definition) is 4. The van der Waals surface area contributed by atoms with Crippen LogP contribution in [0.25, 0.3) is 5.69 Å². The Morgan fingerprint density at radius 1 is 1.12 bits per heavy atom. The third kappa shape index (κ3) is 3.77. The summed E-state index contributed by atoms with van der Waals surface area (Å²) in [6.45, 7) is 0.250. The van der Waals surface area contributed by atoms with Crippen molar-refractivity contribution in [2.75, 3.05) is 7.11 Å². The van der Waals surface area contributed by atoms with Gasteiger partial charge in [0.1, 0.15) is 17.3 Å². The van der Waals surface area contributed by atoms with Crippen molar-refractivity contribution in [1.29, 1.82) is 0 Å². The average Bonchev–Trinajstić information content (AvgIpc) is 2.67. The van der Waals surface area contributed by atoms with Crippen LogP contribution in [0.5, 0.6) is 5.75 Å². The SMILES string of the molecule is COc1ccccc1CNC(=O)c1ccc(=O)n(-c2ccc(F)cc2)n1. The quantitative estimate of drug-likeness (QED) is 0.764. The maximum Gasteiger partial charge on any atom is 0.272 e.